The van der Waals surface area contributed by atoms with E-state index in [0.29, 0.717) is 11.3 Å². The largest absolute Gasteiger partial charge is 0.497 e. The third-order valence-corrected chi connectivity index (χ3v) is 7.38. The van der Waals surface area contributed by atoms with Crippen LogP contribution in [0, 0.1) is 22.0 Å². The van der Waals surface area contributed by atoms with Crippen molar-refractivity contribution in [3.8, 4) is 5.75 Å². The number of non-ortho nitro benzene ring substituents is 1. The van der Waals surface area contributed by atoms with Crippen molar-refractivity contribution in [2.45, 2.75) is 12.1 Å². The summed E-state index contributed by atoms with van der Waals surface area (Å²) in [7, 11) is 1.54. The number of para-hydroxylation sites is 1. The number of nitro benzene ring substituents is 1. The molecule has 37 heavy (non-hydrogen) atoms. The number of Topliss-reactive ketones (excluding diaryl/α,β-unsaturated/α-hetero) is 1. The number of methoxy groups -OCH3 is 1. The fourth-order valence-corrected chi connectivity index (χ4v) is 5.72. The van der Waals surface area contributed by atoms with Gasteiger partial charge in [0, 0.05) is 23.4 Å². The second kappa shape index (κ2) is 8.41. The topological polar surface area (TPSA) is 110 Å². The third-order valence-electron chi connectivity index (χ3n) is 7.38. The summed E-state index contributed by atoms with van der Waals surface area (Å²) in [4.78, 5) is 55.1. The molecular weight excluding hydrogens is 474 g/mol. The van der Waals surface area contributed by atoms with Gasteiger partial charge in [0.1, 0.15) is 11.8 Å². The number of amides is 2. The monoisotopic (exact) mass is 495 g/mol. The zero-order valence-electron chi connectivity index (χ0n) is 19.7. The van der Waals surface area contributed by atoms with Crippen LogP contribution in [0.2, 0.25) is 0 Å². The highest BCUT2D eigenvalue weighted by Crippen LogP contribution is 2.49. The molecule has 9 heteroatoms. The molecule has 4 atom stereocenters. The number of carbonyl (C=O) groups excluding carboxylic acids is 3. The number of anilines is 2. The number of nitro groups is 1. The molecule has 184 valence electrons. The Bertz CT molecular complexity index is 1480. The van der Waals surface area contributed by atoms with E-state index >= 15 is 0 Å². The fourth-order valence-electron chi connectivity index (χ4n) is 5.72. The molecule has 0 unspecified atom stereocenters. The summed E-state index contributed by atoms with van der Waals surface area (Å²) in [5, 5.41) is 11.1. The van der Waals surface area contributed by atoms with Crippen LogP contribution in [0.15, 0.2) is 78.9 Å². The molecule has 3 heterocycles. The zero-order valence-corrected chi connectivity index (χ0v) is 19.7. The van der Waals surface area contributed by atoms with E-state index in [0.717, 1.165) is 16.2 Å². The van der Waals surface area contributed by atoms with E-state index in [1.807, 2.05) is 41.3 Å². The van der Waals surface area contributed by atoms with Gasteiger partial charge in [-0.3, -0.25) is 24.5 Å². The minimum atomic E-state index is -0.918. The standard InChI is InChI=1S/C28H21N3O6/c1-37-20-13-6-17(7-14-20)26(32)25-24-23(22-15-8-16-4-2-3-5-21(16)30(22)25)27(33)29(28(24)34)18-9-11-19(12-10-18)31(35)36/h2-15,22-25H,1H3/t22-,23+,24+,25-/m0/s1. The minimum absolute atomic E-state index is 0.145. The lowest BCUT2D eigenvalue weighted by Crippen LogP contribution is -2.48. The van der Waals surface area contributed by atoms with Gasteiger partial charge in [0.05, 0.1) is 35.6 Å². The van der Waals surface area contributed by atoms with E-state index in [1.165, 1.54) is 31.4 Å². The molecule has 0 aromatic heterocycles. The predicted molar refractivity (Wildman–Crippen MR) is 135 cm³/mol. The predicted octanol–water partition coefficient (Wildman–Crippen LogP) is 3.88. The van der Waals surface area contributed by atoms with Crippen molar-refractivity contribution in [1.29, 1.82) is 0 Å². The van der Waals surface area contributed by atoms with Gasteiger partial charge in [-0.15, -0.1) is 0 Å². The van der Waals surface area contributed by atoms with E-state index in [2.05, 4.69) is 0 Å². The van der Waals surface area contributed by atoms with Gasteiger partial charge in [0.15, 0.2) is 5.78 Å². The number of hydrogen-bond donors (Lipinski definition) is 0. The molecule has 0 bridgehead atoms. The summed E-state index contributed by atoms with van der Waals surface area (Å²) in [6.45, 7) is 0. The van der Waals surface area contributed by atoms with Crippen LogP contribution in [0.3, 0.4) is 0 Å². The number of ketones is 1. The van der Waals surface area contributed by atoms with Crippen molar-refractivity contribution in [2.24, 2.45) is 11.8 Å². The maximum Gasteiger partial charge on any atom is 0.269 e. The summed E-state index contributed by atoms with van der Waals surface area (Å²) in [6.07, 6.45) is 3.80. The van der Waals surface area contributed by atoms with E-state index in [4.69, 9.17) is 4.74 Å². The van der Waals surface area contributed by atoms with Crippen molar-refractivity contribution >= 4 is 40.7 Å². The number of nitrogens with zero attached hydrogens (tertiary/aromatic N) is 3. The van der Waals surface area contributed by atoms with Gasteiger partial charge >= 0.3 is 0 Å². The highest BCUT2D eigenvalue weighted by atomic mass is 16.6. The number of imide groups is 1. The molecule has 0 N–H and O–H groups in total. The molecule has 2 fully saturated rings. The smallest absolute Gasteiger partial charge is 0.269 e. The first-order valence-electron chi connectivity index (χ1n) is 11.8. The van der Waals surface area contributed by atoms with Crippen molar-refractivity contribution in [1.82, 2.24) is 0 Å². The Labute approximate surface area is 211 Å². The highest BCUT2D eigenvalue weighted by Gasteiger charge is 2.64. The Balaban J connectivity index is 1.45. The molecule has 6 rings (SSSR count). The quantitative estimate of drug-likeness (QED) is 0.229. The van der Waals surface area contributed by atoms with Crippen LogP contribution in [-0.4, -0.2) is 41.7 Å². The molecule has 2 saturated heterocycles. The lowest BCUT2D eigenvalue weighted by Gasteiger charge is -2.36. The molecule has 3 aromatic carbocycles. The fraction of sp³-hybridized carbons (Fsp3) is 0.179. The summed E-state index contributed by atoms with van der Waals surface area (Å²) >= 11 is 0. The van der Waals surface area contributed by atoms with E-state index in [-0.39, 0.29) is 17.2 Å². The first-order valence-corrected chi connectivity index (χ1v) is 11.8. The summed E-state index contributed by atoms with van der Waals surface area (Å²) in [5.74, 6) is -2.28. The van der Waals surface area contributed by atoms with Crippen LogP contribution >= 0.6 is 0 Å². The van der Waals surface area contributed by atoms with Crippen LogP contribution in [0.25, 0.3) is 6.08 Å². The second-order valence-electron chi connectivity index (χ2n) is 9.19. The maximum atomic E-state index is 14.0. The Morgan fingerprint density at radius 1 is 0.919 bits per heavy atom. The van der Waals surface area contributed by atoms with E-state index in [9.17, 15) is 24.5 Å². The average molecular weight is 495 g/mol. The van der Waals surface area contributed by atoms with Crippen molar-refractivity contribution in [2.75, 3.05) is 16.9 Å². The molecule has 0 aliphatic carbocycles. The van der Waals surface area contributed by atoms with Crippen LogP contribution in [-0.2, 0) is 9.59 Å². The van der Waals surface area contributed by atoms with Gasteiger partial charge in [-0.1, -0.05) is 30.4 Å². The molecule has 0 spiro atoms. The van der Waals surface area contributed by atoms with Crippen LogP contribution in [0.5, 0.6) is 5.75 Å². The Hall–Kier alpha value is -4.79. The Morgan fingerprint density at radius 3 is 2.27 bits per heavy atom. The van der Waals surface area contributed by atoms with Gasteiger partial charge in [0.25, 0.3) is 5.69 Å². The second-order valence-corrected chi connectivity index (χ2v) is 9.19. The Morgan fingerprint density at radius 2 is 1.59 bits per heavy atom. The van der Waals surface area contributed by atoms with Crippen LogP contribution < -0.4 is 14.5 Å². The zero-order chi connectivity index (χ0) is 25.8. The molecule has 9 nitrogen and oxygen atoms in total. The van der Waals surface area contributed by atoms with Gasteiger partial charge in [-0.2, -0.15) is 0 Å². The van der Waals surface area contributed by atoms with Crippen molar-refractivity contribution in [3.05, 3.63) is 100 Å². The van der Waals surface area contributed by atoms with E-state index in [1.54, 1.807) is 24.3 Å². The molecule has 3 aliphatic heterocycles. The number of carbonyl (C=O) groups is 3. The van der Waals surface area contributed by atoms with Gasteiger partial charge < -0.3 is 9.64 Å². The average Bonchev–Trinajstić information content (AvgIpc) is 3.41. The van der Waals surface area contributed by atoms with Crippen molar-refractivity contribution in [3.63, 3.8) is 0 Å². The van der Waals surface area contributed by atoms with Gasteiger partial charge in [-0.05, 0) is 48.0 Å². The highest BCUT2D eigenvalue weighted by molar-refractivity contribution is 6.25. The number of fused-ring (bicyclic) bond motifs is 5. The van der Waals surface area contributed by atoms with E-state index < -0.39 is 40.7 Å². The number of benzene rings is 3. The molecule has 3 aromatic rings. The number of hydrogen-bond acceptors (Lipinski definition) is 7. The maximum absolute atomic E-state index is 14.0. The number of rotatable bonds is 5. The van der Waals surface area contributed by atoms with Crippen LogP contribution in [0.1, 0.15) is 15.9 Å². The molecule has 2 amide bonds. The Kier molecular flexibility index (Phi) is 5.15. The minimum Gasteiger partial charge on any atom is -0.497 e. The molecule has 0 radical (unpaired) electrons. The number of ether oxygens (including phenoxy) is 1. The SMILES string of the molecule is COc1ccc(C(=O)[C@@H]2[C@@H]3C(=O)N(c4ccc([N+](=O)[O-])cc4)C(=O)[C@@H]3[C@@H]3C=Cc4ccccc4N23)cc1. The van der Waals surface area contributed by atoms with Crippen LogP contribution in [0.4, 0.5) is 17.1 Å². The lowest BCUT2D eigenvalue weighted by atomic mass is 9.86. The first-order chi connectivity index (χ1) is 17.9. The van der Waals surface area contributed by atoms with Gasteiger partial charge in [0.2, 0.25) is 11.8 Å². The lowest BCUT2D eigenvalue weighted by molar-refractivity contribution is -0.384. The summed E-state index contributed by atoms with van der Waals surface area (Å²) < 4.78 is 5.22. The first kappa shape index (κ1) is 22.7. The summed E-state index contributed by atoms with van der Waals surface area (Å²) in [6, 6.07) is 18.2. The van der Waals surface area contributed by atoms with Crippen molar-refractivity contribution < 1.29 is 24.0 Å². The molecule has 0 saturated carbocycles. The molecular formula is C28H21N3O6. The third kappa shape index (κ3) is 3.35. The normalized spacial score (nSPS) is 23.5. The molecule has 3 aliphatic rings. The van der Waals surface area contributed by atoms with Gasteiger partial charge in [-0.25, -0.2) is 4.90 Å². The summed E-state index contributed by atoms with van der Waals surface area (Å²) in [5.41, 5.74) is 2.20.